The first kappa shape index (κ1) is 10.3. The van der Waals surface area contributed by atoms with Gasteiger partial charge in [-0.3, -0.25) is 0 Å². The van der Waals surface area contributed by atoms with Crippen LogP contribution < -0.4 is 11.1 Å². The lowest BCUT2D eigenvalue weighted by Crippen LogP contribution is -2.04. The van der Waals surface area contributed by atoms with Crippen LogP contribution in [0.15, 0.2) is 30.5 Å². The van der Waals surface area contributed by atoms with E-state index in [1.165, 1.54) is 6.21 Å². The number of nitrogens with one attached hydrogen (secondary N) is 2. The molecule has 0 saturated heterocycles. The fraction of sp³-hybridized carbons (Fsp3) is 0.182. The topological polar surface area (TPSA) is 61.9 Å². The van der Waals surface area contributed by atoms with Crippen molar-refractivity contribution in [3.05, 3.63) is 36.0 Å². The minimum atomic E-state index is 0.738. The van der Waals surface area contributed by atoms with E-state index in [0.717, 1.165) is 23.4 Å². The van der Waals surface area contributed by atoms with E-state index in [9.17, 15) is 0 Å². The number of anilines is 1. The molecule has 0 bridgehead atoms. The van der Waals surface area contributed by atoms with Gasteiger partial charge in [0.05, 0.1) is 0 Å². The van der Waals surface area contributed by atoms with Crippen molar-refractivity contribution in [3.63, 3.8) is 0 Å². The number of benzene rings is 1. The summed E-state index contributed by atoms with van der Waals surface area (Å²) >= 11 is 0. The van der Waals surface area contributed by atoms with Crippen molar-refractivity contribution in [1.29, 1.82) is 5.41 Å². The number of hydrogen-bond donors (Lipinski definition) is 3. The summed E-state index contributed by atoms with van der Waals surface area (Å²) in [5.41, 5.74) is 8.16. The minimum absolute atomic E-state index is 0.738. The maximum absolute atomic E-state index is 7.26. The van der Waals surface area contributed by atoms with Gasteiger partial charge in [0.15, 0.2) is 0 Å². The number of nitrogens with two attached hydrogens (primary N) is 1. The van der Waals surface area contributed by atoms with Gasteiger partial charge in [-0.2, -0.15) is 0 Å². The van der Waals surface area contributed by atoms with E-state index < -0.39 is 0 Å². The van der Waals surface area contributed by atoms with E-state index in [0.29, 0.717) is 0 Å². The predicted octanol–water partition coefficient (Wildman–Crippen LogP) is 1.87. The van der Waals surface area contributed by atoms with Crippen LogP contribution in [0, 0.1) is 5.41 Å². The predicted molar refractivity (Wildman–Crippen MR) is 61.3 cm³/mol. The molecule has 1 rings (SSSR count). The molecule has 14 heavy (non-hydrogen) atoms. The zero-order chi connectivity index (χ0) is 10.4. The van der Waals surface area contributed by atoms with Gasteiger partial charge in [-0.15, -0.1) is 0 Å². The summed E-state index contributed by atoms with van der Waals surface area (Å²) in [5.74, 6) is 0. The van der Waals surface area contributed by atoms with Crippen LogP contribution >= 0.6 is 0 Å². The Bertz CT molecular complexity index is 325. The van der Waals surface area contributed by atoms with Crippen LogP contribution in [0.2, 0.25) is 0 Å². The van der Waals surface area contributed by atoms with Crippen LogP contribution in [0.3, 0.4) is 0 Å². The molecule has 0 amide bonds. The van der Waals surface area contributed by atoms with E-state index in [4.69, 9.17) is 11.1 Å². The third kappa shape index (κ3) is 2.62. The summed E-state index contributed by atoms with van der Waals surface area (Å²) in [4.78, 5) is 0. The van der Waals surface area contributed by atoms with E-state index >= 15 is 0 Å². The molecule has 0 fully saturated rings. The summed E-state index contributed by atoms with van der Waals surface area (Å²) in [5, 5.41) is 10.3. The molecule has 1 aromatic carbocycles. The van der Waals surface area contributed by atoms with Gasteiger partial charge in [-0.1, -0.05) is 12.1 Å². The Balaban J connectivity index is 2.89. The van der Waals surface area contributed by atoms with E-state index in [1.807, 2.05) is 37.4 Å². The molecule has 0 aromatic heterocycles. The van der Waals surface area contributed by atoms with E-state index in [2.05, 4.69) is 5.32 Å². The minimum Gasteiger partial charge on any atom is -0.399 e. The summed E-state index contributed by atoms with van der Waals surface area (Å²) < 4.78 is 0. The molecule has 3 heteroatoms. The highest BCUT2D eigenvalue weighted by Crippen LogP contribution is 2.13. The van der Waals surface area contributed by atoms with Gasteiger partial charge >= 0.3 is 0 Å². The van der Waals surface area contributed by atoms with Crippen molar-refractivity contribution in [1.82, 2.24) is 5.32 Å². The quantitative estimate of drug-likeness (QED) is 0.500. The van der Waals surface area contributed by atoms with Crippen LogP contribution in [-0.2, 0) is 0 Å². The van der Waals surface area contributed by atoms with E-state index in [1.54, 1.807) is 0 Å². The zero-order valence-electron chi connectivity index (χ0n) is 8.25. The van der Waals surface area contributed by atoms with Gasteiger partial charge in [0.25, 0.3) is 0 Å². The highest BCUT2D eigenvalue weighted by atomic mass is 14.8. The van der Waals surface area contributed by atoms with Gasteiger partial charge in [0, 0.05) is 30.2 Å². The molecular weight excluding hydrogens is 174 g/mol. The summed E-state index contributed by atoms with van der Waals surface area (Å²) in [6, 6.07) is 7.48. The Morgan fingerprint density at radius 2 is 2.07 bits per heavy atom. The molecule has 0 atom stereocenters. The lowest BCUT2D eigenvalue weighted by atomic mass is 10.1. The number of allylic oxidation sites excluding steroid dienone is 1. The Labute approximate surface area is 84.1 Å². The Morgan fingerprint density at radius 1 is 1.43 bits per heavy atom. The van der Waals surface area contributed by atoms with Gasteiger partial charge in [-0.05, 0) is 24.6 Å². The third-order valence-electron chi connectivity index (χ3n) is 1.86. The normalized spacial score (nSPS) is 11.1. The van der Waals surface area contributed by atoms with Gasteiger partial charge in [0.1, 0.15) is 0 Å². The van der Waals surface area contributed by atoms with Gasteiger partial charge < -0.3 is 16.5 Å². The van der Waals surface area contributed by atoms with Crippen molar-refractivity contribution in [3.8, 4) is 0 Å². The molecule has 4 N–H and O–H groups in total. The molecule has 0 aliphatic heterocycles. The van der Waals surface area contributed by atoms with Crippen molar-refractivity contribution in [2.45, 2.75) is 6.92 Å². The molecule has 3 nitrogen and oxygen atoms in total. The molecule has 0 unspecified atom stereocenters. The fourth-order valence-corrected chi connectivity index (χ4v) is 1.10. The van der Waals surface area contributed by atoms with Crippen molar-refractivity contribution >= 4 is 17.5 Å². The van der Waals surface area contributed by atoms with Crippen molar-refractivity contribution in [2.75, 3.05) is 12.3 Å². The Morgan fingerprint density at radius 3 is 2.57 bits per heavy atom. The molecule has 1 aromatic rings. The third-order valence-corrected chi connectivity index (χ3v) is 1.86. The van der Waals surface area contributed by atoms with E-state index in [-0.39, 0.29) is 0 Å². The Kier molecular flexibility index (Phi) is 3.73. The average molecular weight is 189 g/mol. The van der Waals surface area contributed by atoms with Gasteiger partial charge in [-0.25, -0.2) is 0 Å². The molecule has 0 saturated carbocycles. The van der Waals surface area contributed by atoms with Crippen molar-refractivity contribution in [2.24, 2.45) is 0 Å². The number of nitrogen functional groups attached to an aromatic ring is 1. The maximum atomic E-state index is 7.26. The molecule has 0 aliphatic rings. The highest BCUT2D eigenvalue weighted by molar-refractivity contribution is 6.08. The first-order valence-corrected chi connectivity index (χ1v) is 4.58. The lowest BCUT2D eigenvalue weighted by Gasteiger charge is -2.02. The fourth-order valence-electron chi connectivity index (χ4n) is 1.10. The first-order chi connectivity index (χ1) is 6.77. The summed E-state index contributed by atoms with van der Waals surface area (Å²) in [6.45, 7) is 2.87. The second kappa shape index (κ2) is 5.07. The second-order valence-electron chi connectivity index (χ2n) is 2.92. The monoisotopic (exact) mass is 189 g/mol. The second-order valence-corrected chi connectivity index (χ2v) is 2.92. The summed E-state index contributed by atoms with van der Waals surface area (Å²) in [6.07, 6.45) is 3.16. The molecule has 0 radical (unpaired) electrons. The zero-order valence-corrected chi connectivity index (χ0v) is 8.25. The van der Waals surface area contributed by atoms with Crippen LogP contribution in [0.1, 0.15) is 12.5 Å². The summed E-state index contributed by atoms with van der Waals surface area (Å²) in [7, 11) is 0. The molecule has 0 heterocycles. The first-order valence-electron chi connectivity index (χ1n) is 4.58. The lowest BCUT2D eigenvalue weighted by molar-refractivity contribution is 0.922. The Hall–Kier alpha value is -1.77. The molecule has 0 spiro atoms. The van der Waals surface area contributed by atoms with Crippen LogP contribution in [0.5, 0.6) is 0 Å². The van der Waals surface area contributed by atoms with Crippen molar-refractivity contribution < 1.29 is 0 Å². The largest absolute Gasteiger partial charge is 0.399 e. The molecule has 0 aliphatic carbocycles. The van der Waals surface area contributed by atoms with Crippen LogP contribution in [0.4, 0.5) is 5.69 Å². The highest BCUT2D eigenvalue weighted by Gasteiger charge is 1.96. The van der Waals surface area contributed by atoms with Crippen LogP contribution in [0.25, 0.3) is 5.57 Å². The standard InChI is InChI=1S/C11H15N3/c1-2-14-8-10(7-12)9-3-5-11(13)6-4-9/h3-8,12,14H,2,13H2,1H3/b10-8+,12-7?. The van der Waals surface area contributed by atoms with Crippen LogP contribution in [-0.4, -0.2) is 12.8 Å². The molecular formula is C11H15N3. The average Bonchev–Trinajstić information content (AvgIpc) is 2.21. The number of hydrogen-bond acceptors (Lipinski definition) is 3. The number of rotatable bonds is 4. The van der Waals surface area contributed by atoms with Gasteiger partial charge in [0.2, 0.25) is 0 Å². The smallest absolute Gasteiger partial charge is 0.0314 e. The maximum Gasteiger partial charge on any atom is 0.0314 e. The SMILES string of the molecule is CCN/C=C(\C=N)c1ccc(N)cc1. The molecule has 74 valence electrons.